The Balaban J connectivity index is 1.44. The number of aromatic nitrogens is 2. The van der Waals surface area contributed by atoms with E-state index in [1.54, 1.807) is 30.3 Å². The minimum absolute atomic E-state index is 0.134. The molecule has 1 aromatic carbocycles. The molecule has 1 aliphatic carbocycles. The number of carbonyl (C=O) groups is 1. The van der Waals surface area contributed by atoms with Crippen LogP contribution in [0.5, 0.6) is 0 Å². The summed E-state index contributed by atoms with van der Waals surface area (Å²) >= 11 is 0.813. The van der Waals surface area contributed by atoms with Crippen LogP contribution in [-0.2, 0) is 14.8 Å². The Morgan fingerprint density at radius 3 is 2.64 bits per heavy atom. The molecule has 0 saturated heterocycles. The Morgan fingerprint density at radius 2 is 1.89 bits per heavy atom. The molecule has 0 atom stereocenters. The minimum Gasteiger partial charge on any atom is -0.378 e. The highest BCUT2D eigenvalue weighted by Gasteiger charge is 2.21. The molecule has 1 fully saturated rings. The predicted molar refractivity (Wildman–Crippen MR) is 107 cm³/mol. The van der Waals surface area contributed by atoms with Crippen LogP contribution in [0, 0.1) is 0 Å². The van der Waals surface area contributed by atoms with Crippen molar-refractivity contribution in [2.45, 2.75) is 49.0 Å². The van der Waals surface area contributed by atoms with Gasteiger partial charge in [-0.25, -0.2) is 13.1 Å². The SMILES string of the molecule is O=C(Nc1nnc(S(=O)(=O)NCCCOC2CCCCC2)s1)c1ccccc1. The molecule has 1 aromatic heterocycles. The third kappa shape index (κ3) is 6.06. The largest absolute Gasteiger partial charge is 0.378 e. The summed E-state index contributed by atoms with van der Waals surface area (Å²) in [5.74, 6) is -0.367. The zero-order valence-corrected chi connectivity index (χ0v) is 17.1. The number of hydrogen-bond donors (Lipinski definition) is 2. The van der Waals surface area contributed by atoms with Crippen LogP contribution < -0.4 is 10.0 Å². The maximum Gasteiger partial charge on any atom is 0.269 e. The molecule has 28 heavy (non-hydrogen) atoms. The van der Waals surface area contributed by atoms with E-state index in [1.165, 1.54) is 19.3 Å². The van der Waals surface area contributed by atoms with E-state index in [-0.39, 0.29) is 21.9 Å². The van der Waals surface area contributed by atoms with Gasteiger partial charge in [-0.15, -0.1) is 10.2 Å². The third-order valence-corrected chi connectivity index (χ3v) is 7.08. The van der Waals surface area contributed by atoms with Gasteiger partial charge in [-0.2, -0.15) is 0 Å². The molecule has 2 N–H and O–H groups in total. The summed E-state index contributed by atoms with van der Waals surface area (Å²) in [6, 6.07) is 8.60. The van der Waals surface area contributed by atoms with Crippen molar-refractivity contribution in [3.05, 3.63) is 35.9 Å². The number of benzene rings is 1. The van der Waals surface area contributed by atoms with Crippen molar-refractivity contribution >= 4 is 32.4 Å². The zero-order chi connectivity index (χ0) is 19.8. The number of sulfonamides is 1. The average Bonchev–Trinajstić information content (AvgIpc) is 3.18. The van der Waals surface area contributed by atoms with E-state index in [2.05, 4.69) is 20.2 Å². The number of nitrogens with zero attached hydrogens (tertiary/aromatic N) is 2. The topological polar surface area (TPSA) is 110 Å². The molecule has 0 aliphatic heterocycles. The third-order valence-electron chi connectivity index (χ3n) is 4.41. The van der Waals surface area contributed by atoms with Gasteiger partial charge >= 0.3 is 0 Å². The van der Waals surface area contributed by atoms with Gasteiger partial charge in [-0.1, -0.05) is 48.8 Å². The second kappa shape index (κ2) is 10.1. The standard InChI is InChI=1S/C18H24N4O4S2/c23-16(14-8-3-1-4-9-14)20-17-21-22-18(27-17)28(24,25)19-12-7-13-26-15-10-5-2-6-11-15/h1,3-4,8-9,15,19H,2,5-7,10-13H2,(H,20,21,23). The van der Waals surface area contributed by atoms with E-state index in [4.69, 9.17) is 4.74 Å². The van der Waals surface area contributed by atoms with Gasteiger partial charge < -0.3 is 4.74 Å². The quantitative estimate of drug-likeness (QED) is 0.473. The van der Waals surface area contributed by atoms with Crippen LogP contribution in [0.15, 0.2) is 34.7 Å². The molecular formula is C18H24N4O4S2. The van der Waals surface area contributed by atoms with Crippen molar-refractivity contribution in [3.8, 4) is 0 Å². The summed E-state index contributed by atoms with van der Waals surface area (Å²) in [7, 11) is -3.76. The summed E-state index contributed by atoms with van der Waals surface area (Å²) in [5, 5.41) is 10.1. The molecule has 1 saturated carbocycles. The van der Waals surface area contributed by atoms with Crippen LogP contribution in [0.25, 0.3) is 0 Å². The highest BCUT2D eigenvalue weighted by Crippen LogP contribution is 2.21. The Morgan fingerprint density at radius 1 is 1.14 bits per heavy atom. The summed E-state index contributed by atoms with van der Waals surface area (Å²) < 4.78 is 32.7. The van der Waals surface area contributed by atoms with Crippen molar-refractivity contribution in [2.24, 2.45) is 0 Å². The molecule has 1 amide bonds. The number of ether oxygens (including phenoxy) is 1. The van der Waals surface area contributed by atoms with Gasteiger partial charge in [-0.3, -0.25) is 10.1 Å². The predicted octanol–water partition coefficient (Wildman–Crippen LogP) is 2.81. The Bertz CT molecular complexity index is 865. The van der Waals surface area contributed by atoms with Crippen LogP contribution in [-0.4, -0.2) is 43.8 Å². The first-order valence-electron chi connectivity index (χ1n) is 9.36. The van der Waals surface area contributed by atoms with Gasteiger partial charge in [0.05, 0.1) is 6.10 Å². The van der Waals surface area contributed by atoms with Crippen LogP contribution in [0.1, 0.15) is 48.9 Å². The van der Waals surface area contributed by atoms with E-state index in [0.29, 0.717) is 24.7 Å². The lowest BCUT2D eigenvalue weighted by molar-refractivity contribution is 0.0278. The number of rotatable bonds is 9. The van der Waals surface area contributed by atoms with Crippen LogP contribution in [0.2, 0.25) is 0 Å². The molecule has 0 radical (unpaired) electrons. The molecule has 2 aromatic rings. The number of hydrogen-bond acceptors (Lipinski definition) is 7. The van der Waals surface area contributed by atoms with Crippen molar-refractivity contribution in [1.82, 2.24) is 14.9 Å². The fraction of sp³-hybridized carbons (Fsp3) is 0.500. The lowest BCUT2D eigenvalue weighted by atomic mass is 9.98. The van der Waals surface area contributed by atoms with Crippen molar-refractivity contribution < 1.29 is 17.9 Å². The monoisotopic (exact) mass is 424 g/mol. The van der Waals surface area contributed by atoms with Gasteiger partial charge in [-0.05, 0) is 31.4 Å². The molecule has 0 spiro atoms. The number of amides is 1. The first kappa shape index (κ1) is 20.8. The maximum atomic E-state index is 12.3. The van der Waals surface area contributed by atoms with E-state index < -0.39 is 10.0 Å². The summed E-state index contributed by atoms with van der Waals surface area (Å²) in [5.41, 5.74) is 0.457. The summed E-state index contributed by atoms with van der Waals surface area (Å²) in [6.45, 7) is 0.794. The van der Waals surface area contributed by atoms with Crippen LogP contribution >= 0.6 is 11.3 Å². The molecule has 152 valence electrons. The molecule has 0 bridgehead atoms. The second-order valence-electron chi connectivity index (χ2n) is 6.58. The number of nitrogens with one attached hydrogen (secondary N) is 2. The summed E-state index contributed by atoms with van der Waals surface area (Å²) in [6.07, 6.45) is 6.77. The van der Waals surface area contributed by atoms with Crippen molar-refractivity contribution in [2.75, 3.05) is 18.5 Å². The van der Waals surface area contributed by atoms with Crippen LogP contribution in [0.4, 0.5) is 5.13 Å². The molecule has 8 nitrogen and oxygen atoms in total. The lowest BCUT2D eigenvalue weighted by Crippen LogP contribution is -2.26. The average molecular weight is 425 g/mol. The Kier molecular flexibility index (Phi) is 7.49. The van der Waals surface area contributed by atoms with Gasteiger partial charge in [0.2, 0.25) is 9.47 Å². The first-order valence-corrected chi connectivity index (χ1v) is 11.7. The second-order valence-corrected chi connectivity index (χ2v) is 9.49. The molecule has 10 heteroatoms. The van der Waals surface area contributed by atoms with Crippen molar-refractivity contribution in [3.63, 3.8) is 0 Å². The first-order chi connectivity index (χ1) is 13.5. The number of carbonyl (C=O) groups excluding carboxylic acids is 1. The fourth-order valence-corrected chi connectivity index (χ4v) is 4.96. The molecule has 0 unspecified atom stereocenters. The normalized spacial score (nSPS) is 15.4. The van der Waals surface area contributed by atoms with E-state index in [9.17, 15) is 13.2 Å². The van der Waals surface area contributed by atoms with Crippen LogP contribution in [0.3, 0.4) is 0 Å². The smallest absolute Gasteiger partial charge is 0.269 e. The van der Waals surface area contributed by atoms with Gasteiger partial charge in [0.1, 0.15) is 0 Å². The molecule has 3 rings (SSSR count). The van der Waals surface area contributed by atoms with E-state index >= 15 is 0 Å². The highest BCUT2D eigenvalue weighted by atomic mass is 32.2. The highest BCUT2D eigenvalue weighted by molar-refractivity contribution is 7.91. The molecule has 1 heterocycles. The maximum absolute atomic E-state index is 12.3. The van der Waals surface area contributed by atoms with Crippen molar-refractivity contribution in [1.29, 1.82) is 0 Å². The van der Waals surface area contributed by atoms with E-state index in [0.717, 1.165) is 24.2 Å². The Labute approximate surface area is 168 Å². The lowest BCUT2D eigenvalue weighted by Gasteiger charge is -2.21. The Hall–Kier alpha value is -1.88. The fourth-order valence-electron chi connectivity index (χ4n) is 2.95. The van der Waals surface area contributed by atoms with Gasteiger partial charge in [0.15, 0.2) is 0 Å². The van der Waals surface area contributed by atoms with Gasteiger partial charge in [0.25, 0.3) is 15.9 Å². The van der Waals surface area contributed by atoms with E-state index in [1.807, 2.05) is 0 Å². The summed E-state index contributed by atoms with van der Waals surface area (Å²) in [4.78, 5) is 12.1. The zero-order valence-electron chi connectivity index (χ0n) is 15.5. The number of anilines is 1. The minimum atomic E-state index is -3.76. The molecule has 1 aliphatic rings. The van der Waals surface area contributed by atoms with Gasteiger partial charge in [0, 0.05) is 18.7 Å². The molecular weight excluding hydrogens is 400 g/mol.